The van der Waals surface area contributed by atoms with Crippen LogP contribution in [0.25, 0.3) is 33.5 Å². The summed E-state index contributed by atoms with van der Waals surface area (Å²) < 4.78 is 0. The number of halogens is 1. The van der Waals surface area contributed by atoms with Crippen LogP contribution in [0.2, 0.25) is 5.02 Å². The van der Waals surface area contributed by atoms with Crippen LogP contribution in [0.3, 0.4) is 0 Å². The van der Waals surface area contributed by atoms with Crippen LogP contribution in [0.4, 0.5) is 0 Å². The normalized spacial score (nSPS) is 11.2. The van der Waals surface area contributed by atoms with Crippen molar-refractivity contribution in [1.82, 2.24) is 15.0 Å². The molecule has 3 aromatic heterocycles. The highest BCUT2D eigenvalue weighted by Gasteiger charge is 2.10. The molecule has 0 aliphatic carbocycles. The van der Waals surface area contributed by atoms with Crippen LogP contribution in [-0.4, -0.2) is 15.0 Å². The van der Waals surface area contributed by atoms with Gasteiger partial charge in [0.05, 0.1) is 0 Å². The summed E-state index contributed by atoms with van der Waals surface area (Å²) in [6.07, 6.45) is 3.73. The average molecular weight is 308 g/mol. The Bertz CT molecular complexity index is 965. The molecule has 4 rings (SSSR count). The third-order valence-electron chi connectivity index (χ3n) is 3.93. The Kier molecular flexibility index (Phi) is 3.01. The molecule has 0 aliphatic heterocycles. The SMILES string of the molecule is Cc1ccc(Cl)cc1-c1ccc(-c2ccnc3[nH]ccc23)[nH]1. The third-order valence-corrected chi connectivity index (χ3v) is 4.16. The zero-order chi connectivity index (χ0) is 15.1. The standard InChI is InChI=1S/C18H14ClN3/c1-11-2-3-12(19)10-15(11)17-5-4-16(22-17)13-6-8-20-18-14(13)7-9-21-18/h2-10,22H,1H3,(H,20,21). The van der Waals surface area contributed by atoms with E-state index in [-0.39, 0.29) is 0 Å². The molecule has 4 aromatic rings. The molecule has 3 nitrogen and oxygen atoms in total. The zero-order valence-corrected chi connectivity index (χ0v) is 12.8. The van der Waals surface area contributed by atoms with E-state index in [0.717, 1.165) is 38.6 Å². The van der Waals surface area contributed by atoms with Gasteiger partial charge in [-0.2, -0.15) is 0 Å². The minimum absolute atomic E-state index is 0.744. The highest BCUT2D eigenvalue weighted by molar-refractivity contribution is 6.30. The molecule has 4 heteroatoms. The fraction of sp³-hybridized carbons (Fsp3) is 0.0556. The molecule has 0 fully saturated rings. The van der Waals surface area contributed by atoms with Crippen molar-refractivity contribution in [1.29, 1.82) is 0 Å². The lowest BCUT2D eigenvalue weighted by atomic mass is 10.1. The second-order valence-corrected chi connectivity index (χ2v) is 5.78. The maximum Gasteiger partial charge on any atom is 0.137 e. The molecule has 22 heavy (non-hydrogen) atoms. The van der Waals surface area contributed by atoms with Gasteiger partial charge in [0.25, 0.3) is 0 Å². The number of fused-ring (bicyclic) bond motifs is 1. The molecule has 1 aromatic carbocycles. The summed E-state index contributed by atoms with van der Waals surface area (Å²) in [4.78, 5) is 11.0. The van der Waals surface area contributed by atoms with Gasteiger partial charge < -0.3 is 9.97 Å². The van der Waals surface area contributed by atoms with Gasteiger partial charge in [-0.05, 0) is 48.9 Å². The summed E-state index contributed by atoms with van der Waals surface area (Å²) >= 11 is 6.13. The van der Waals surface area contributed by atoms with Crippen LogP contribution in [0.5, 0.6) is 0 Å². The van der Waals surface area contributed by atoms with Crippen molar-refractivity contribution in [3.63, 3.8) is 0 Å². The van der Waals surface area contributed by atoms with Gasteiger partial charge in [-0.1, -0.05) is 17.7 Å². The number of aryl methyl sites for hydroxylation is 1. The van der Waals surface area contributed by atoms with Gasteiger partial charge in [0.2, 0.25) is 0 Å². The van der Waals surface area contributed by atoms with E-state index in [2.05, 4.69) is 34.0 Å². The maximum absolute atomic E-state index is 6.13. The van der Waals surface area contributed by atoms with Crippen molar-refractivity contribution in [3.05, 3.63) is 65.4 Å². The van der Waals surface area contributed by atoms with E-state index in [1.807, 2.05) is 42.7 Å². The van der Waals surface area contributed by atoms with Crippen LogP contribution in [0.15, 0.2) is 54.9 Å². The Labute approximate surface area is 133 Å². The molecule has 0 bridgehead atoms. The summed E-state index contributed by atoms with van der Waals surface area (Å²) in [5.41, 5.74) is 6.49. The lowest BCUT2D eigenvalue weighted by molar-refractivity contribution is 1.32. The Morgan fingerprint density at radius 1 is 0.955 bits per heavy atom. The Morgan fingerprint density at radius 3 is 2.64 bits per heavy atom. The number of hydrogen-bond donors (Lipinski definition) is 2. The van der Waals surface area contributed by atoms with Crippen LogP contribution in [-0.2, 0) is 0 Å². The first-order valence-corrected chi connectivity index (χ1v) is 7.48. The van der Waals surface area contributed by atoms with Gasteiger partial charge in [-0.25, -0.2) is 4.98 Å². The molecule has 2 N–H and O–H groups in total. The number of nitrogens with one attached hydrogen (secondary N) is 2. The summed E-state index contributed by atoms with van der Waals surface area (Å²) in [5, 5.41) is 1.85. The monoisotopic (exact) mass is 307 g/mol. The summed E-state index contributed by atoms with van der Waals surface area (Å²) in [7, 11) is 0. The second kappa shape index (κ2) is 5.04. The number of aromatic nitrogens is 3. The first-order valence-electron chi connectivity index (χ1n) is 7.10. The minimum Gasteiger partial charge on any atom is -0.355 e. The molecule has 0 unspecified atom stereocenters. The van der Waals surface area contributed by atoms with E-state index in [9.17, 15) is 0 Å². The molecule has 0 saturated heterocycles. The zero-order valence-electron chi connectivity index (χ0n) is 12.0. The highest BCUT2D eigenvalue weighted by Crippen LogP contribution is 2.31. The summed E-state index contributed by atoms with van der Waals surface area (Å²) in [6.45, 7) is 2.09. The molecule has 0 atom stereocenters. The number of nitrogens with zero attached hydrogens (tertiary/aromatic N) is 1. The second-order valence-electron chi connectivity index (χ2n) is 5.34. The van der Waals surface area contributed by atoms with Crippen LogP contribution in [0, 0.1) is 6.92 Å². The van der Waals surface area contributed by atoms with Gasteiger partial charge >= 0.3 is 0 Å². The van der Waals surface area contributed by atoms with Crippen LogP contribution < -0.4 is 0 Å². The summed E-state index contributed by atoms with van der Waals surface area (Å²) in [6, 6.07) is 14.2. The maximum atomic E-state index is 6.13. The van der Waals surface area contributed by atoms with Gasteiger partial charge in [-0.3, -0.25) is 0 Å². The minimum atomic E-state index is 0.744. The van der Waals surface area contributed by atoms with Crippen molar-refractivity contribution >= 4 is 22.6 Å². The fourth-order valence-electron chi connectivity index (χ4n) is 2.79. The Balaban J connectivity index is 1.85. The fourth-order valence-corrected chi connectivity index (χ4v) is 2.96. The molecule has 0 aliphatic rings. The average Bonchev–Trinajstić information content (AvgIpc) is 3.17. The largest absolute Gasteiger partial charge is 0.355 e. The van der Waals surface area contributed by atoms with Gasteiger partial charge in [0, 0.05) is 45.3 Å². The predicted octanol–water partition coefficient (Wildman–Crippen LogP) is 5.19. The quantitative estimate of drug-likeness (QED) is 0.526. The van der Waals surface area contributed by atoms with Crippen molar-refractivity contribution in [2.75, 3.05) is 0 Å². The molecule has 0 radical (unpaired) electrons. The number of rotatable bonds is 2. The van der Waals surface area contributed by atoms with E-state index < -0.39 is 0 Å². The van der Waals surface area contributed by atoms with Crippen molar-refractivity contribution in [2.45, 2.75) is 6.92 Å². The van der Waals surface area contributed by atoms with Crippen molar-refractivity contribution < 1.29 is 0 Å². The lowest BCUT2D eigenvalue weighted by Crippen LogP contribution is -1.85. The number of H-pyrrole nitrogens is 2. The van der Waals surface area contributed by atoms with E-state index in [0.29, 0.717) is 0 Å². The lowest BCUT2D eigenvalue weighted by Gasteiger charge is -2.05. The molecule has 0 amide bonds. The first-order chi connectivity index (χ1) is 10.7. The molecule has 0 spiro atoms. The number of hydrogen-bond acceptors (Lipinski definition) is 1. The van der Waals surface area contributed by atoms with E-state index in [1.165, 1.54) is 5.56 Å². The van der Waals surface area contributed by atoms with E-state index >= 15 is 0 Å². The predicted molar refractivity (Wildman–Crippen MR) is 91.1 cm³/mol. The van der Waals surface area contributed by atoms with Gasteiger partial charge in [0.1, 0.15) is 5.65 Å². The van der Waals surface area contributed by atoms with Gasteiger partial charge in [-0.15, -0.1) is 0 Å². The molecule has 108 valence electrons. The molecular formula is C18H14ClN3. The van der Waals surface area contributed by atoms with Crippen molar-refractivity contribution in [2.24, 2.45) is 0 Å². The Morgan fingerprint density at radius 2 is 1.77 bits per heavy atom. The first kappa shape index (κ1) is 13.2. The van der Waals surface area contributed by atoms with Gasteiger partial charge in [0.15, 0.2) is 0 Å². The Hall–Kier alpha value is -2.52. The van der Waals surface area contributed by atoms with E-state index in [4.69, 9.17) is 11.6 Å². The van der Waals surface area contributed by atoms with E-state index in [1.54, 1.807) is 0 Å². The molecule has 3 heterocycles. The number of pyridine rings is 1. The molecule has 0 saturated carbocycles. The topological polar surface area (TPSA) is 44.5 Å². The number of benzene rings is 1. The highest BCUT2D eigenvalue weighted by atomic mass is 35.5. The summed E-state index contributed by atoms with van der Waals surface area (Å²) in [5.74, 6) is 0. The van der Waals surface area contributed by atoms with Crippen molar-refractivity contribution in [3.8, 4) is 22.5 Å². The number of aromatic amines is 2. The van der Waals surface area contributed by atoms with Crippen LogP contribution in [0.1, 0.15) is 5.56 Å². The van der Waals surface area contributed by atoms with Crippen LogP contribution >= 0.6 is 11.6 Å². The molecular weight excluding hydrogens is 294 g/mol. The third kappa shape index (κ3) is 2.11. The smallest absolute Gasteiger partial charge is 0.137 e.